The lowest BCUT2D eigenvalue weighted by Crippen LogP contribution is -2.51. The van der Waals surface area contributed by atoms with E-state index in [4.69, 9.17) is 0 Å². The Bertz CT molecular complexity index is 534. The van der Waals surface area contributed by atoms with Crippen LogP contribution in [0.4, 0.5) is 0 Å². The number of nitrogens with one attached hydrogen (secondary N) is 2. The predicted octanol–water partition coefficient (Wildman–Crippen LogP) is 3.72. The van der Waals surface area contributed by atoms with Crippen molar-refractivity contribution in [3.63, 3.8) is 0 Å². The van der Waals surface area contributed by atoms with Crippen LogP contribution in [0.2, 0.25) is 0 Å². The van der Waals surface area contributed by atoms with Gasteiger partial charge in [0.05, 0.1) is 4.75 Å². The monoisotopic (exact) mass is 382 g/mol. The molecule has 2 saturated heterocycles. The maximum atomic E-state index is 12.7. The summed E-state index contributed by atoms with van der Waals surface area (Å²) in [6.45, 7) is 4.01. The van der Waals surface area contributed by atoms with Gasteiger partial charge in [-0.3, -0.25) is 4.79 Å². The molecule has 2 aliphatic rings. The highest BCUT2D eigenvalue weighted by Crippen LogP contribution is 2.34. The second-order valence-corrected chi connectivity index (χ2v) is 9.46. The third-order valence-electron chi connectivity index (χ3n) is 4.54. The van der Waals surface area contributed by atoms with Gasteiger partial charge >= 0.3 is 0 Å². The lowest BCUT2D eigenvalue weighted by Gasteiger charge is -2.32. The smallest absolute Gasteiger partial charge is 0.236 e. The highest BCUT2D eigenvalue weighted by Gasteiger charge is 2.36. The molecule has 2 fully saturated rings. The normalized spacial score (nSPS) is 27.7. The molecule has 2 N–H and O–H groups in total. The van der Waals surface area contributed by atoms with E-state index in [2.05, 4.69) is 38.7 Å². The summed E-state index contributed by atoms with van der Waals surface area (Å²) in [5.41, 5.74) is 0. The molecule has 1 aromatic rings. The summed E-state index contributed by atoms with van der Waals surface area (Å²) in [4.78, 5) is 13.8. The minimum atomic E-state index is -0.461. The molecule has 1 aromatic carbocycles. The van der Waals surface area contributed by atoms with E-state index in [9.17, 15) is 4.79 Å². The Morgan fingerprint density at radius 1 is 1.23 bits per heavy atom. The molecule has 2 bridgehead atoms. The molecular formula is C17H23BrN2OS. The molecule has 120 valence electrons. The third kappa shape index (κ3) is 3.87. The maximum absolute atomic E-state index is 12.7. The first-order chi connectivity index (χ1) is 10.4. The first-order valence-electron chi connectivity index (χ1n) is 7.94. The van der Waals surface area contributed by atoms with Gasteiger partial charge < -0.3 is 10.6 Å². The van der Waals surface area contributed by atoms with Gasteiger partial charge in [0.15, 0.2) is 0 Å². The van der Waals surface area contributed by atoms with Crippen molar-refractivity contribution in [3.05, 3.63) is 28.7 Å². The van der Waals surface area contributed by atoms with Crippen LogP contribution < -0.4 is 10.6 Å². The standard InChI is InChI=1S/C17H23BrN2OS/c1-17(2,22-15-7-3-11(18)4-8-15)16(21)20-14-9-12-5-6-13(10-14)19-12/h3-4,7-8,12-14,19H,5-6,9-10H2,1-2H3,(H,20,21). The molecule has 0 spiro atoms. The van der Waals surface area contributed by atoms with Crippen LogP contribution in [0.3, 0.4) is 0 Å². The largest absolute Gasteiger partial charge is 0.352 e. The van der Waals surface area contributed by atoms with Gasteiger partial charge in [-0.05, 0) is 63.8 Å². The van der Waals surface area contributed by atoms with Crippen LogP contribution >= 0.6 is 27.7 Å². The number of fused-ring (bicyclic) bond motifs is 2. The van der Waals surface area contributed by atoms with Crippen LogP contribution in [-0.4, -0.2) is 28.8 Å². The van der Waals surface area contributed by atoms with Crippen LogP contribution in [0, 0.1) is 0 Å². The fourth-order valence-electron chi connectivity index (χ4n) is 3.38. The van der Waals surface area contributed by atoms with E-state index >= 15 is 0 Å². The molecule has 3 rings (SSSR count). The van der Waals surface area contributed by atoms with Crippen molar-refractivity contribution in [2.75, 3.05) is 0 Å². The van der Waals surface area contributed by atoms with E-state index < -0.39 is 4.75 Å². The second-order valence-electron chi connectivity index (χ2n) is 6.85. The highest BCUT2D eigenvalue weighted by molar-refractivity contribution is 9.10. The van der Waals surface area contributed by atoms with E-state index in [1.807, 2.05) is 26.0 Å². The zero-order valence-electron chi connectivity index (χ0n) is 13.1. The number of amides is 1. The zero-order valence-corrected chi connectivity index (χ0v) is 15.5. The third-order valence-corrected chi connectivity index (χ3v) is 6.27. The molecule has 5 heteroatoms. The van der Waals surface area contributed by atoms with Crippen molar-refractivity contribution in [2.45, 2.75) is 67.3 Å². The van der Waals surface area contributed by atoms with E-state index in [0.717, 1.165) is 22.2 Å². The van der Waals surface area contributed by atoms with Crippen LogP contribution in [-0.2, 0) is 4.79 Å². The molecule has 22 heavy (non-hydrogen) atoms. The number of hydrogen-bond acceptors (Lipinski definition) is 3. The van der Waals surface area contributed by atoms with E-state index in [0.29, 0.717) is 18.1 Å². The van der Waals surface area contributed by atoms with Gasteiger partial charge in [-0.2, -0.15) is 0 Å². The quantitative estimate of drug-likeness (QED) is 0.779. The van der Waals surface area contributed by atoms with Gasteiger partial charge in [0.1, 0.15) is 0 Å². The minimum Gasteiger partial charge on any atom is -0.352 e. The Kier molecular flexibility index (Phi) is 4.86. The second kappa shape index (κ2) is 6.54. The van der Waals surface area contributed by atoms with Gasteiger partial charge in [0.2, 0.25) is 5.91 Å². The Labute approximate surface area is 145 Å². The summed E-state index contributed by atoms with van der Waals surface area (Å²) >= 11 is 5.06. The zero-order chi connectivity index (χ0) is 15.7. The SMILES string of the molecule is CC(C)(Sc1ccc(Br)cc1)C(=O)NC1CC2CCC(C1)N2. The average Bonchev–Trinajstić information content (AvgIpc) is 2.80. The first-order valence-corrected chi connectivity index (χ1v) is 9.55. The average molecular weight is 383 g/mol. The summed E-state index contributed by atoms with van der Waals surface area (Å²) in [5.74, 6) is 0.145. The lowest BCUT2D eigenvalue weighted by atomic mass is 9.99. The predicted molar refractivity (Wildman–Crippen MR) is 95.2 cm³/mol. The van der Waals surface area contributed by atoms with Crippen LogP contribution in [0.15, 0.2) is 33.6 Å². The van der Waals surface area contributed by atoms with Crippen molar-refractivity contribution < 1.29 is 4.79 Å². The van der Waals surface area contributed by atoms with Crippen molar-refractivity contribution >= 4 is 33.6 Å². The summed E-state index contributed by atoms with van der Waals surface area (Å²) in [6, 6.07) is 9.67. The van der Waals surface area contributed by atoms with Crippen molar-refractivity contribution in [3.8, 4) is 0 Å². The van der Waals surface area contributed by atoms with Crippen molar-refractivity contribution in [2.24, 2.45) is 0 Å². The first kappa shape index (κ1) is 16.3. The molecular weight excluding hydrogens is 360 g/mol. The van der Waals surface area contributed by atoms with Gasteiger partial charge in [-0.15, -0.1) is 11.8 Å². The molecule has 0 aromatic heterocycles. The Balaban J connectivity index is 1.59. The summed E-state index contributed by atoms with van der Waals surface area (Å²) in [7, 11) is 0. The molecule has 3 nitrogen and oxygen atoms in total. The molecule has 1 amide bonds. The summed E-state index contributed by atoms with van der Waals surface area (Å²) < 4.78 is 0.599. The number of rotatable bonds is 4. The molecule has 2 aliphatic heterocycles. The van der Waals surface area contributed by atoms with Gasteiger partial charge in [-0.25, -0.2) is 0 Å². The lowest BCUT2D eigenvalue weighted by molar-refractivity contribution is -0.123. The van der Waals surface area contributed by atoms with E-state index in [1.165, 1.54) is 12.8 Å². The van der Waals surface area contributed by atoms with Gasteiger partial charge in [-0.1, -0.05) is 15.9 Å². The Hall–Kier alpha value is -0.520. The van der Waals surface area contributed by atoms with Gasteiger partial charge in [0, 0.05) is 27.5 Å². The fourth-order valence-corrected chi connectivity index (χ4v) is 4.66. The number of halogens is 1. The van der Waals surface area contributed by atoms with E-state index in [1.54, 1.807) is 11.8 Å². The maximum Gasteiger partial charge on any atom is 0.236 e. The molecule has 0 radical (unpaired) electrons. The Morgan fingerprint density at radius 3 is 2.41 bits per heavy atom. The summed E-state index contributed by atoms with van der Waals surface area (Å²) in [5, 5.41) is 6.90. The number of hydrogen-bond donors (Lipinski definition) is 2. The molecule has 2 unspecified atom stereocenters. The number of benzene rings is 1. The Morgan fingerprint density at radius 2 is 1.82 bits per heavy atom. The number of thioether (sulfide) groups is 1. The van der Waals surface area contributed by atoms with Crippen LogP contribution in [0.25, 0.3) is 0 Å². The minimum absolute atomic E-state index is 0.145. The van der Waals surface area contributed by atoms with E-state index in [-0.39, 0.29) is 5.91 Å². The highest BCUT2D eigenvalue weighted by atomic mass is 79.9. The number of carbonyl (C=O) groups is 1. The van der Waals surface area contributed by atoms with Crippen molar-refractivity contribution in [1.29, 1.82) is 0 Å². The number of piperidine rings is 1. The molecule has 2 heterocycles. The van der Waals surface area contributed by atoms with Crippen LogP contribution in [0.5, 0.6) is 0 Å². The van der Waals surface area contributed by atoms with Crippen LogP contribution in [0.1, 0.15) is 39.5 Å². The summed E-state index contributed by atoms with van der Waals surface area (Å²) in [6.07, 6.45) is 4.66. The molecule has 0 saturated carbocycles. The number of carbonyl (C=O) groups excluding carboxylic acids is 1. The topological polar surface area (TPSA) is 41.1 Å². The van der Waals surface area contributed by atoms with Gasteiger partial charge in [0.25, 0.3) is 0 Å². The molecule has 0 aliphatic carbocycles. The fraction of sp³-hybridized carbons (Fsp3) is 0.588. The molecule has 2 atom stereocenters. The van der Waals surface area contributed by atoms with Crippen molar-refractivity contribution in [1.82, 2.24) is 10.6 Å².